The van der Waals surface area contributed by atoms with Gasteiger partial charge in [-0.25, -0.2) is 0 Å². The van der Waals surface area contributed by atoms with Gasteiger partial charge in [0.15, 0.2) is 0 Å². The lowest BCUT2D eigenvalue weighted by Gasteiger charge is -2.32. The monoisotopic (exact) mass is 202 g/mol. The smallest absolute Gasteiger partial charge is 0.0701 e. The molecule has 0 aliphatic heterocycles. The highest BCUT2D eigenvalue weighted by atomic mass is 16.5. The molecule has 2 nitrogen and oxygen atoms in total. The molecule has 0 aromatic carbocycles. The molecule has 0 spiro atoms. The quantitative estimate of drug-likeness (QED) is 0.717. The van der Waals surface area contributed by atoms with Gasteiger partial charge in [0, 0.05) is 0 Å². The zero-order valence-corrected chi connectivity index (χ0v) is 10.3. The lowest BCUT2D eigenvalue weighted by Crippen LogP contribution is -2.32. The predicted octanol–water partition coefficient (Wildman–Crippen LogP) is 2.85. The van der Waals surface area contributed by atoms with Gasteiger partial charge in [0.2, 0.25) is 0 Å². The van der Waals surface area contributed by atoms with Gasteiger partial charge in [-0.1, -0.05) is 41.0 Å². The highest BCUT2D eigenvalue weighted by molar-refractivity contribution is 4.76. The molecule has 0 fully saturated rings. The van der Waals surface area contributed by atoms with Crippen LogP contribution in [-0.2, 0) is 4.74 Å². The van der Waals surface area contributed by atoms with Crippen LogP contribution >= 0.6 is 0 Å². The Labute approximate surface area is 88.7 Å². The molecule has 0 radical (unpaired) electrons. The number of ether oxygens (including phenoxy) is 1. The van der Waals surface area contributed by atoms with Gasteiger partial charge in [0.05, 0.1) is 19.3 Å². The fraction of sp³-hybridized carbons (Fsp3) is 1.00. The molecule has 2 heteroatoms. The van der Waals surface area contributed by atoms with Gasteiger partial charge in [-0.3, -0.25) is 0 Å². The molecule has 0 saturated carbocycles. The number of hydrogen-bond acceptors (Lipinski definition) is 2. The van der Waals surface area contributed by atoms with Gasteiger partial charge in [0.25, 0.3) is 0 Å². The van der Waals surface area contributed by atoms with Crippen LogP contribution in [0.1, 0.15) is 47.5 Å². The zero-order chi connectivity index (χ0) is 11.2. The molecule has 0 heterocycles. The molecule has 14 heavy (non-hydrogen) atoms. The normalized spacial score (nSPS) is 16.7. The van der Waals surface area contributed by atoms with Gasteiger partial charge in [-0.05, 0) is 17.8 Å². The summed E-state index contributed by atoms with van der Waals surface area (Å²) in [5, 5.41) is 8.75. The Morgan fingerprint density at radius 1 is 1.29 bits per heavy atom. The van der Waals surface area contributed by atoms with Crippen LogP contribution < -0.4 is 0 Å². The molecule has 0 aromatic heterocycles. The topological polar surface area (TPSA) is 29.5 Å². The highest BCUT2D eigenvalue weighted by Crippen LogP contribution is 2.28. The first-order valence-corrected chi connectivity index (χ1v) is 5.64. The standard InChI is InChI=1S/C12H26O2/c1-6-10(2)9-11(12(3,4)5)14-8-7-13/h10-11,13H,6-9H2,1-5H3. The highest BCUT2D eigenvalue weighted by Gasteiger charge is 2.26. The van der Waals surface area contributed by atoms with Crippen LogP contribution in [-0.4, -0.2) is 24.4 Å². The number of aliphatic hydroxyl groups excluding tert-OH is 1. The van der Waals surface area contributed by atoms with E-state index in [4.69, 9.17) is 9.84 Å². The minimum Gasteiger partial charge on any atom is -0.394 e. The maximum Gasteiger partial charge on any atom is 0.0701 e. The molecule has 1 N–H and O–H groups in total. The summed E-state index contributed by atoms with van der Waals surface area (Å²) in [6.07, 6.45) is 2.53. The molecule has 0 aromatic rings. The average molecular weight is 202 g/mol. The maximum absolute atomic E-state index is 8.75. The minimum atomic E-state index is 0.118. The SMILES string of the molecule is CCC(C)CC(OCCO)C(C)(C)C. The molecule has 0 aliphatic rings. The number of hydrogen-bond donors (Lipinski definition) is 1. The summed E-state index contributed by atoms with van der Waals surface area (Å²) in [4.78, 5) is 0. The van der Waals surface area contributed by atoms with Crippen LogP contribution in [0, 0.1) is 11.3 Å². The maximum atomic E-state index is 8.75. The second kappa shape index (κ2) is 6.41. The van der Waals surface area contributed by atoms with E-state index in [1.165, 1.54) is 6.42 Å². The third-order valence-electron chi connectivity index (χ3n) is 2.69. The molecule has 0 bridgehead atoms. The van der Waals surface area contributed by atoms with Crippen LogP contribution in [0.3, 0.4) is 0 Å². The summed E-state index contributed by atoms with van der Waals surface area (Å²) >= 11 is 0. The van der Waals surface area contributed by atoms with Gasteiger partial charge in [0.1, 0.15) is 0 Å². The molecule has 0 rings (SSSR count). The molecule has 2 atom stereocenters. The van der Waals surface area contributed by atoms with E-state index in [2.05, 4.69) is 34.6 Å². The van der Waals surface area contributed by atoms with Crippen molar-refractivity contribution in [2.75, 3.05) is 13.2 Å². The molecule has 0 aliphatic carbocycles. The number of aliphatic hydroxyl groups is 1. The Bertz CT molecular complexity index is 138. The zero-order valence-electron chi connectivity index (χ0n) is 10.3. The fourth-order valence-electron chi connectivity index (χ4n) is 1.40. The van der Waals surface area contributed by atoms with Crippen LogP contribution in [0.15, 0.2) is 0 Å². The van der Waals surface area contributed by atoms with Crippen LogP contribution in [0.5, 0.6) is 0 Å². The van der Waals surface area contributed by atoms with Crippen LogP contribution in [0.4, 0.5) is 0 Å². The first-order valence-electron chi connectivity index (χ1n) is 5.64. The molecular formula is C12H26O2. The Balaban J connectivity index is 4.11. The van der Waals surface area contributed by atoms with E-state index >= 15 is 0 Å². The Kier molecular flexibility index (Phi) is 6.38. The first-order chi connectivity index (χ1) is 6.41. The minimum absolute atomic E-state index is 0.118. The average Bonchev–Trinajstić information content (AvgIpc) is 2.09. The third kappa shape index (κ3) is 5.61. The summed E-state index contributed by atoms with van der Waals surface area (Å²) in [5.74, 6) is 0.693. The summed E-state index contributed by atoms with van der Waals surface area (Å²) in [6.45, 7) is 11.6. The molecule has 86 valence electrons. The Morgan fingerprint density at radius 3 is 2.21 bits per heavy atom. The van der Waals surface area contributed by atoms with Crippen molar-refractivity contribution < 1.29 is 9.84 Å². The second-order valence-corrected chi connectivity index (χ2v) is 5.20. The van der Waals surface area contributed by atoms with E-state index < -0.39 is 0 Å². The summed E-state index contributed by atoms with van der Waals surface area (Å²) in [5.41, 5.74) is 0.165. The summed E-state index contributed by atoms with van der Waals surface area (Å²) < 4.78 is 5.68. The molecule has 2 unspecified atom stereocenters. The van der Waals surface area contributed by atoms with E-state index in [0.717, 1.165) is 6.42 Å². The van der Waals surface area contributed by atoms with Crippen molar-refractivity contribution >= 4 is 0 Å². The van der Waals surface area contributed by atoms with E-state index in [-0.39, 0.29) is 18.1 Å². The summed E-state index contributed by atoms with van der Waals surface area (Å²) in [7, 11) is 0. The third-order valence-corrected chi connectivity index (χ3v) is 2.69. The van der Waals surface area contributed by atoms with E-state index in [1.54, 1.807) is 0 Å². The van der Waals surface area contributed by atoms with Gasteiger partial charge in [-0.2, -0.15) is 0 Å². The van der Waals surface area contributed by atoms with Crippen LogP contribution in [0.2, 0.25) is 0 Å². The van der Waals surface area contributed by atoms with Crippen molar-refractivity contribution in [3.05, 3.63) is 0 Å². The largest absolute Gasteiger partial charge is 0.394 e. The molecule has 0 amide bonds. The summed E-state index contributed by atoms with van der Waals surface area (Å²) in [6, 6.07) is 0. The van der Waals surface area contributed by atoms with Gasteiger partial charge < -0.3 is 9.84 Å². The van der Waals surface area contributed by atoms with Crippen LogP contribution in [0.25, 0.3) is 0 Å². The van der Waals surface area contributed by atoms with Crippen molar-refractivity contribution in [3.8, 4) is 0 Å². The van der Waals surface area contributed by atoms with E-state index in [0.29, 0.717) is 12.5 Å². The Hall–Kier alpha value is -0.0800. The Morgan fingerprint density at radius 2 is 1.86 bits per heavy atom. The number of rotatable bonds is 6. The van der Waals surface area contributed by atoms with Gasteiger partial charge in [-0.15, -0.1) is 0 Å². The van der Waals surface area contributed by atoms with Crippen molar-refractivity contribution in [3.63, 3.8) is 0 Å². The lowest BCUT2D eigenvalue weighted by atomic mass is 9.83. The molecule has 0 saturated heterocycles. The van der Waals surface area contributed by atoms with Crippen molar-refractivity contribution in [1.82, 2.24) is 0 Å². The second-order valence-electron chi connectivity index (χ2n) is 5.20. The van der Waals surface area contributed by atoms with E-state index in [1.807, 2.05) is 0 Å². The van der Waals surface area contributed by atoms with Gasteiger partial charge >= 0.3 is 0 Å². The van der Waals surface area contributed by atoms with Crippen molar-refractivity contribution in [2.24, 2.45) is 11.3 Å². The van der Waals surface area contributed by atoms with Crippen molar-refractivity contribution in [2.45, 2.75) is 53.6 Å². The lowest BCUT2D eigenvalue weighted by molar-refractivity contribution is -0.0432. The van der Waals surface area contributed by atoms with E-state index in [9.17, 15) is 0 Å². The predicted molar refractivity (Wildman–Crippen MR) is 60.4 cm³/mol. The fourth-order valence-corrected chi connectivity index (χ4v) is 1.40. The first kappa shape index (κ1) is 13.9. The van der Waals surface area contributed by atoms with Crippen molar-refractivity contribution in [1.29, 1.82) is 0 Å². The molecular weight excluding hydrogens is 176 g/mol.